The van der Waals surface area contributed by atoms with Gasteiger partial charge < -0.3 is 9.53 Å². The molecule has 2 atom stereocenters. The van der Waals surface area contributed by atoms with Gasteiger partial charge in [0.05, 0.1) is 10.9 Å². The average Bonchev–Trinajstić information content (AvgIpc) is 1.87. The van der Waals surface area contributed by atoms with Crippen LogP contribution in [0.5, 0.6) is 0 Å². The summed E-state index contributed by atoms with van der Waals surface area (Å²) in [6, 6.07) is 0. The molecule has 2 nitrogen and oxygen atoms in total. The maximum Gasteiger partial charge on any atom is 0.136 e. The molecule has 0 aliphatic rings. The van der Waals surface area contributed by atoms with Crippen molar-refractivity contribution in [2.75, 3.05) is 6.61 Å². The van der Waals surface area contributed by atoms with Crippen LogP contribution >= 0.6 is 15.9 Å². The second kappa shape index (κ2) is 4.94. The minimum absolute atomic E-state index is 0.0208. The fraction of sp³-hybridized carbons (Fsp3) is 0.833. The molecule has 3 heteroatoms. The first-order chi connectivity index (χ1) is 4.22. The topological polar surface area (TPSA) is 26.3 Å². The molecule has 0 aliphatic heterocycles. The third-order valence-corrected chi connectivity index (χ3v) is 1.97. The molecule has 2 unspecified atom stereocenters. The second-order valence-corrected chi connectivity index (χ2v) is 2.80. The summed E-state index contributed by atoms with van der Waals surface area (Å²) in [5.74, 6) is 0. The van der Waals surface area contributed by atoms with Gasteiger partial charge in [-0.2, -0.15) is 0 Å². The van der Waals surface area contributed by atoms with Crippen LogP contribution in [-0.2, 0) is 9.53 Å². The Morgan fingerprint density at radius 3 is 2.67 bits per heavy atom. The van der Waals surface area contributed by atoms with Gasteiger partial charge in [-0.05, 0) is 13.8 Å². The highest BCUT2D eigenvalue weighted by Gasteiger charge is 2.11. The number of alkyl halides is 1. The highest BCUT2D eigenvalue weighted by Crippen LogP contribution is 2.05. The maximum absolute atomic E-state index is 10.1. The van der Waals surface area contributed by atoms with Crippen LogP contribution in [0.15, 0.2) is 0 Å². The Bertz CT molecular complexity index is 85.1. The van der Waals surface area contributed by atoms with E-state index in [1.54, 1.807) is 0 Å². The van der Waals surface area contributed by atoms with E-state index in [2.05, 4.69) is 15.9 Å². The Morgan fingerprint density at radius 2 is 2.33 bits per heavy atom. The zero-order valence-corrected chi connectivity index (χ0v) is 7.22. The van der Waals surface area contributed by atoms with Crippen LogP contribution in [0.1, 0.15) is 13.8 Å². The van der Waals surface area contributed by atoms with Crippen molar-refractivity contribution in [3.8, 4) is 0 Å². The minimum atomic E-state index is -0.169. The Hall–Kier alpha value is 0.110. The molecule has 0 fully saturated rings. The van der Waals surface area contributed by atoms with Crippen molar-refractivity contribution in [3.05, 3.63) is 0 Å². The van der Waals surface area contributed by atoms with Crippen molar-refractivity contribution in [3.63, 3.8) is 0 Å². The lowest BCUT2D eigenvalue weighted by atomic mass is 10.3. The van der Waals surface area contributed by atoms with Crippen molar-refractivity contribution in [1.29, 1.82) is 0 Å². The normalized spacial score (nSPS) is 16.8. The molecule has 0 aliphatic carbocycles. The number of hydrogen-bond donors (Lipinski definition) is 0. The highest BCUT2D eigenvalue weighted by atomic mass is 79.9. The van der Waals surface area contributed by atoms with E-state index in [0.717, 1.165) is 6.29 Å². The van der Waals surface area contributed by atoms with Crippen LogP contribution in [0, 0.1) is 0 Å². The Balaban J connectivity index is 3.44. The highest BCUT2D eigenvalue weighted by molar-refractivity contribution is 9.10. The van der Waals surface area contributed by atoms with Crippen LogP contribution < -0.4 is 0 Å². The number of carbonyl (C=O) groups excluding carboxylic acids is 1. The largest absolute Gasteiger partial charge is 0.377 e. The van der Waals surface area contributed by atoms with Crippen LogP contribution in [0.25, 0.3) is 0 Å². The van der Waals surface area contributed by atoms with E-state index in [-0.39, 0.29) is 10.9 Å². The molecule has 0 saturated carbocycles. The maximum atomic E-state index is 10.1. The van der Waals surface area contributed by atoms with Gasteiger partial charge in [0, 0.05) is 6.61 Å². The molecule has 0 amide bonds. The molecule has 0 bridgehead atoms. The Labute approximate surface area is 63.7 Å². The summed E-state index contributed by atoms with van der Waals surface area (Å²) in [4.78, 5) is 9.93. The van der Waals surface area contributed by atoms with Gasteiger partial charge >= 0.3 is 0 Å². The molecule has 0 spiro atoms. The summed E-state index contributed by atoms with van der Waals surface area (Å²) < 4.78 is 5.12. The number of aldehydes is 1. The first-order valence-electron chi connectivity index (χ1n) is 2.93. The number of halogens is 1. The van der Waals surface area contributed by atoms with Crippen LogP contribution in [0.2, 0.25) is 0 Å². The molecular weight excluding hydrogens is 184 g/mol. The molecule has 9 heavy (non-hydrogen) atoms. The Morgan fingerprint density at radius 1 is 1.78 bits per heavy atom. The van der Waals surface area contributed by atoms with Crippen molar-refractivity contribution in [1.82, 2.24) is 0 Å². The molecule has 0 aromatic rings. The van der Waals surface area contributed by atoms with Crippen molar-refractivity contribution in [2.24, 2.45) is 0 Å². The van der Waals surface area contributed by atoms with E-state index in [1.807, 2.05) is 13.8 Å². The molecule has 54 valence electrons. The van der Waals surface area contributed by atoms with Gasteiger partial charge in [0.2, 0.25) is 0 Å². The van der Waals surface area contributed by atoms with Crippen LogP contribution in [0.4, 0.5) is 0 Å². The van der Waals surface area contributed by atoms with E-state index in [1.165, 1.54) is 0 Å². The van der Waals surface area contributed by atoms with Gasteiger partial charge in [-0.1, -0.05) is 15.9 Å². The molecule has 0 aromatic heterocycles. The number of ether oxygens (including phenoxy) is 1. The van der Waals surface area contributed by atoms with Gasteiger partial charge in [0.25, 0.3) is 0 Å². The third-order valence-electron chi connectivity index (χ3n) is 1.01. The van der Waals surface area contributed by atoms with Gasteiger partial charge in [0.1, 0.15) is 6.29 Å². The first kappa shape index (κ1) is 9.11. The minimum Gasteiger partial charge on any atom is -0.377 e. The predicted molar refractivity (Wildman–Crippen MR) is 39.9 cm³/mol. The van der Waals surface area contributed by atoms with Crippen molar-refractivity contribution < 1.29 is 9.53 Å². The summed E-state index contributed by atoms with van der Waals surface area (Å²) >= 11 is 3.15. The fourth-order valence-electron chi connectivity index (χ4n) is 0.465. The zero-order chi connectivity index (χ0) is 7.28. The standard InChI is InChI=1S/C6H11BrO2/c1-3-9-5(2)6(7)4-8/h4-6H,3H2,1-2H3. The quantitative estimate of drug-likeness (QED) is 0.500. The summed E-state index contributed by atoms with van der Waals surface area (Å²) in [7, 11) is 0. The fourth-order valence-corrected chi connectivity index (χ4v) is 0.618. The summed E-state index contributed by atoms with van der Waals surface area (Å²) in [5.41, 5.74) is 0. The lowest BCUT2D eigenvalue weighted by Gasteiger charge is -2.11. The van der Waals surface area contributed by atoms with E-state index in [4.69, 9.17) is 4.74 Å². The molecular formula is C6H11BrO2. The van der Waals surface area contributed by atoms with Crippen LogP contribution in [-0.4, -0.2) is 23.8 Å². The van der Waals surface area contributed by atoms with E-state index >= 15 is 0 Å². The SMILES string of the molecule is CCOC(C)C(Br)C=O. The Kier molecular flexibility index (Phi) is 5.00. The lowest BCUT2D eigenvalue weighted by molar-refractivity contribution is -0.109. The van der Waals surface area contributed by atoms with Crippen LogP contribution in [0.3, 0.4) is 0 Å². The van der Waals surface area contributed by atoms with E-state index in [0.29, 0.717) is 6.61 Å². The van der Waals surface area contributed by atoms with Crippen molar-refractivity contribution in [2.45, 2.75) is 24.8 Å². The molecule has 0 heterocycles. The summed E-state index contributed by atoms with van der Waals surface area (Å²) in [6.07, 6.45) is 0.813. The number of hydrogen-bond acceptors (Lipinski definition) is 2. The van der Waals surface area contributed by atoms with Gasteiger partial charge in [-0.3, -0.25) is 0 Å². The molecule has 0 N–H and O–H groups in total. The number of rotatable bonds is 4. The lowest BCUT2D eigenvalue weighted by Crippen LogP contribution is -2.21. The monoisotopic (exact) mass is 194 g/mol. The first-order valence-corrected chi connectivity index (χ1v) is 3.85. The van der Waals surface area contributed by atoms with Gasteiger partial charge in [-0.25, -0.2) is 0 Å². The van der Waals surface area contributed by atoms with Gasteiger partial charge in [0.15, 0.2) is 0 Å². The summed E-state index contributed by atoms with van der Waals surface area (Å²) in [6.45, 7) is 4.41. The van der Waals surface area contributed by atoms with E-state index in [9.17, 15) is 4.79 Å². The van der Waals surface area contributed by atoms with Crippen molar-refractivity contribution >= 4 is 22.2 Å². The summed E-state index contributed by atoms with van der Waals surface area (Å²) in [5, 5.41) is 0. The second-order valence-electron chi connectivity index (χ2n) is 1.74. The third kappa shape index (κ3) is 3.65. The zero-order valence-electron chi connectivity index (χ0n) is 5.63. The predicted octanol–water partition coefficient (Wildman–Crippen LogP) is 1.37. The van der Waals surface area contributed by atoms with Gasteiger partial charge in [-0.15, -0.1) is 0 Å². The molecule has 0 saturated heterocycles. The molecule has 0 rings (SSSR count). The van der Waals surface area contributed by atoms with E-state index < -0.39 is 0 Å². The average molecular weight is 195 g/mol. The number of carbonyl (C=O) groups is 1. The molecule has 0 radical (unpaired) electrons. The smallest absolute Gasteiger partial charge is 0.136 e. The molecule has 0 aromatic carbocycles.